The van der Waals surface area contributed by atoms with Crippen LogP contribution in [0, 0.1) is 11.8 Å². The second kappa shape index (κ2) is 7.09. The van der Waals surface area contributed by atoms with Crippen molar-refractivity contribution in [1.82, 2.24) is 0 Å². The Morgan fingerprint density at radius 1 is 1.21 bits per heavy atom. The van der Waals surface area contributed by atoms with Crippen LogP contribution in [0.15, 0.2) is 12.2 Å². The lowest BCUT2D eigenvalue weighted by atomic mass is 9.99. The fourth-order valence-electron chi connectivity index (χ4n) is 2.31. The lowest BCUT2D eigenvalue weighted by Gasteiger charge is -2.07. The number of hydrogen-bond acceptors (Lipinski definition) is 0. The van der Waals surface area contributed by atoms with Crippen molar-refractivity contribution in [2.75, 3.05) is 0 Å². The highest BCUT2D eigenvalue weighted by atomic mass is 14.2. The van der Waals surface area contributed by atoms with Crippen molar-refractivity contribution in [1.29, 1.82) is 0 Å². The summed E-state index contributed by atoms with van der Waals surface area (Å²) in [6.07, 6.45) is 16.3. The van der Waals surface area contributed by atoms with Gasteiger partial charge in [0.05, 0.1) is 0 Å². The zero-order chi connectivity index (χ0) is 10.2. The Labute approximate surface area is 89.8 Å². The molecule has 0 heteroatoms. The van der Waals surface area contributed by atoms with E-state index in [0.29, 0.717) is 0 Å². The molecule has 0 aromatic carbocycles. The summed E-state index contributed by atoms with van der Waals surface area (Å²) in [5.41, 5.74) is 0. The van der Waals surface area contributed by atoms with Crippen LogP contribution in [0.4, 0.5) is 0 Å². The maximum absolute atomic E-state index is 2.49. The van der Waals surface area contributed by atoms with Crippen LogP contribution in [0.2, 0.25) is 0 Å². The molecule has 0 radical (unpaired) electrons. The van der Waals surface area contributed by atoms with E-state index in [1.807, 2.05) is 0 Å². The minimum absolute atomic E-state index is 0.808. The molecule has 0 N–H and O–H groups in total. The van der Waals surface area contributed by atoms with Crippen LogP contribution >= 0.6 is 0 Å². The fraction of sp³-hybridized carbons (Fsp3) is 0.857. The molecule has 0 aromatic heterocycles. The molecule has 1 atom stereocenters. The van der Waals surface area contributed by atoms with Gasteiger partial charge in [0.2, 0.25) is 0 Å². The summed E-state index contributed by atoms with van der Waals surface area (Å²) in [6, 6.07) is 0. The SMILES string of the molecule is CCCCCC(C)/C=C/C1CCCC1. The summed E-state index contributed by atoms with van der Waals surface area (Å²) in [4.78, 5) is 0. The third-order valence-corrected chi connectivity index (χ3v) is 3.37. The Hall–Kier alpha value is -0.260. The molecule has 82 valence electrons. The van der Waals surface area contributed by atoms with Crippen LogP contribution in [0.1, 0.15) is 65.2 Å². The zero-order valence-electron chi connectivity index (χ0n) is 9.97. The molecule has 0 nitrogen and oxygen atoms in total. The summed E-state index contributed by atoms with van der Waals surface area (Å²) >= 11 is 0. The molecule has 1 saturated carbocycles. The third-order valence-electron chi connectivity index (χ3n) is 3.37. The van der Waals surface area contributed by atoms with Crippen LogP contribution < -0.4 is 0 Å². The van der Waals surface area contributed by atoms with E-state index in [-0.39, 0.29) is 0 Å². The molecule has 0 bridgehead atoms. The van der Waals surface area contributed by atoms with Crippen molar-refractivity contribution in [3.05, 3.63) is 12.2 Å². The molecule has 0 saturated heterocycles. The van der Waals surface area contributed by atoms with Gasteiger partial charge in [-0.1, -0.05) is 58.1 Å². The molecule has 0 aromatic rings. The van der Waals surface area contributed by atoms with Crippen molar-refractivity contribution >= 4 is 0 Å². The summed E-state index contributed by atoms with van der Waals surface area (Å²) < 4.78 is 0. The van der Waals surface area contributed by atoms with Gasteiger partial charge in [-0.25, -0.2) is 0 Å². The van der Waals surface area contributed by atoms with E-state index in [1.54, 1.807) is 0 Å². The molecule has 1 unspecified atom stereocenters. The van der Waals surface area contributed by atoms with Gasteiger partial charge in [-0.3, -0.25) is 0 Å². The molecule has 1 rings (SSSR count). The minimum atomic E-state index is 0.808. The van der Waals surface area contributed by atoms with Crippen molar-refractivity contribution in [2.24, 2.45) is 11.8 Å². The molecule has 0 heterocycles. The summed E-state index contributed by atoms with van der Waals surface area (Å²) in [6.45, 7) is 4.64. The van der Waals surface area contributed by atoms with Crippen LogP contribution in [-0.2, 0) is 0 Å². The van der Waals surface area contributed by atoms with Gasteiger partial charge in [-0.15, -0.1) is 0 Å². The van der Waals surface area contributed by atoms with Gasteiger partial charge in [0.25, 0.3) is 0 Å². The Kier molecular flexibility index (Phi) is 5.98. The summed E-state index contributed by atoms with van der Waals surface area (Å²) in [5.74, 6) is 1.73. The van der Waals surface area contributed by atoms with E-state index < -0.39 is 0 Å². The van der Waals surface area contributed by atoms with Crippen LogP contribution in [-0.4, -0.2) is 0 Å². The first-order chi connectivity index (χ1) is 6.83. The van der Waals surface area contributed by atoms with Gasteiger partial charge in [-0.05, 0) is 31.1 Å². The van der Waals surface area contributed by atoms with E-state index in [0.717, 1.165) is 11.8 Å². The van der Waals surface area contributed by atoms with Crippen LogP contribution in [0.5, 0.6) is 0 Å². The van der Waals surface area contributed by atoms with E-state index in [1.165, 1.54) is 51.4 Å². The summed E-state index contributed by atoms with van der Waals surface area (Å²) in [5, 5.41) is 0. The lowest BCUT2D eigenvalue weighted by Crippen LogP contribution is -1.92. The molecule has 14 heavy (non-hydrogen) atoms. The largest absolute Gasteiger partial charge is 0.0854 e. The maximum Gasteiger partial charge on any atom is -0.0233 e. The second-order valence-corrected chi connectivity index (χ2v) is 4.90. The van der Waals surface area contributed by atoms with E-state index in [2.05, 4.69) is 26.0 Å². The normalized spacial score (nSPS) is 20.7. The fourth-order valence-corrected chi connectivity index (χ4v) is 2.31. The highest BCUT2D eigenvalue weighted by Gasteiger charge is 2.11. The van der Waals surface area contributed by atoms with Gasteiger partial charge in [0, 0.05) is 0 Å². The highest BCUT2D eigenvalue weighted by Crippen LogP contribution is 2.26. The number of rotatable bonds is 6. The highest BCUT2D eigenvalue weighted by molar-refractivity contribution is 4.93. The van der Waals surface area contributed by atoms with Crippen molar-refractivity contribution < 1.29 is 0 Å². The summed E-state index contributed by atoms with van der Waals surface area (Å²) in [7, 11) is 0. The monoisotopic (exact) mass is 194 g/mol. The van der Waals surface area contributed by atoms with Gasteiger partial charge in [-0.2, -0.15) is 0 Å². The van der Waals surface area contributed by atoms with Gasteiger partial charge in [0.1, 0.15) is 0 Å². The standard InChI is InChI=1S/C14H26/c1-3-4-5-8-13(2)11-12-14-9-6-7-10-14/h11-14H,3-10H2,1-2H3/b12-11+. The molecule has 1 aliphatic carbocycles. The first kappa shape index (κ1) is 11.8. The minimum Gasteiger partial charge on any atom is -0.0854 e. The molecule has 1 aliphatic rings. The van der Waals surface area contributed by atoms with Crippen LogP contribution in [0.25, 0.3) is 0 Å². The predicted octanol–water partition coefficient (Wildman–Crippen LogP) is 4.95. The molecular formula is C14H26. The Bertz CT molecular complexity index is 151. The van der Waals surface area contributed by atoms with Crippen molar-refractivity contribution in [2.45, 2.75) is 65.2 Å². The number of hydrogen-bond donors (Lipinski definition) is 0. The molecule has 0 amide bonds. The maximum atomic E-state index is 2.49. The average Bonchev–Trinajstić information content (AvgIpc) is 2.68. The van der Waals surface area contributed by atoms with E-state index in [4.69, 9.17) is 0 Å². The smallest absolute Gasteiger partial charge is 0.0233 e. The van der Waals surface area contributed by atoms with Crippen LogP contribution in [0.3, 0.4) is 0 Å². The Morgan fingerprint density at radius 3 is 2.57 bits per heavy atom. The molecule has 0 aliphatic heterocycles. The Balaban J connectivity index is 2.08. The topological polar surface area (TPSA) is 0 Å². The number of allylic oxidation sites excluding steroid dienone is 2. The first-order valence-corrected chi connectivity index (χ1v) is 6.51. The molecule has 1 fully saturated rings. The molecular weight excluding hydrogens is 168 g/mol. The van der Waals surface area contributed by atoms with E-state index in [9.17, 15) is 0 Å². The average molecular weight is 194 g/mol. The Morgan fingerprint density at radius 2 is 1.93 bits per heavy atom. The van der Waals surface area contributed by atoms with Crippen molar-refractivity contribution in [3.63, 3.8) is 0 Å². The van der Waals surface area contributed by atoms with E-state index >= 15 is 0 Å². The first-order valence-electron chi connectivity index (χ1n) is 6.51. The quantitative estimate of drug-likeness (QED) is 0.414. The van der Waals surface area contributed by atoms with Gasteiger partial charge in [0.15, 0.2) is 0 Å². The third kappa shape index (κ3) is 4.83. The predicted molar refractivity (Wildman–Crippen MR) is 64.4 cm³/mol. The van der Waals surface area contributed by atoms with Crippen molar-refractivity contribution in [3.8, 4) is 0 Å². The lowest BCUT2D eigenvalue weighted by molar-refractivity contribution is 0.569. The zero-order valence-corrected chi connectivity index (χ0v) is 9.97. The second-order valence-electron chi connectivity index (χ2n) is 4.90. The molecule has 0 spiro atoms. The number of unbranched alkanes of at least 4 members (excludes halogenated alkanes) is 2. The van der Waals surface area contributed by atoms with Gasteiger partial charge < -0.3 is 0 Å². The van der Waals surface area contributed by atoms with Gasteiger partial charge >= 0.3 is 0 Å².